The van der Waals surface area contributed by atoms with E-state index < -0.39 is 0 Å². The summed E-state index contributed by atoms with van der Waals surface area (Å²) in [5, 5.41) is 11.3. The van der Waals surface area contributed by atoms with Crippen molar-refractivity contribution < 1.29 is 9.21 Å². The van der Waals surface area contributed by atoms with Crippen LogP contribution in [0.25, 0.3) is 11.5 Å². The fraction of sp³-hybridized carbons (Fsp3) is 0.318. The number of carbonyl (C=O) groups is 1. The highest BCUT2D eigenvalue weighted by Crippen LogP contribution is 2.30. The number of anilines is 1. The number of benzene rings is 2. The molecule has 6 heteroatoms. The summed E-state index contributed by atoms with van der Waals surface area (Å²) in [6.07, 6.45) is 0. The number of amides is 1. The lowest BCUT2D eigenvalue weighted by Gasteiger charge is -2.18. The lowest BCUT2D eigenvalue weighted by Crippen LogP contribution is -2.23. The van der Waals surface area contributed by atoms with Crippen molar-refractivity contribution in [1.82, 2.24) is 10.2 Å². The van der Waals surface area contributed by atoms with E-state index in [1.54, 1.807) is 0 Å². The molecule has 3 aromatic rings. The van der Waals surface area contributed by atoms with Gasteiger partial charge in [-0.05, 0) is 49.4 Å². The molecule has 0 aliphatic heterocycles. The Morgan fingerprint density at radius 1 is 1.00 bits per heavy atom. The Kier molecular flexibility index (Phi) is 6.19. The number of nitrogens with one attached hydrogen (secondary N) is 1. The van der Waals surface area contributed by atoms with E-state index in [1.165, 1.54) is 11.8 Å². The van der Waals surface area contributed by atoms with E-state index in [1.807, 2.05) is 57.2 Å². The number of aromatic nitrogens is 2. The number of thioether (sulfide) groups is 1. The number of hydrogen-bond acceptors (Lipinski definition) is 5. The smallest absolute Gasteiger partial charge is 0.277 e. The highest BCUT2D eigenvalue weighted by atomic mass is 32.2. The minimum absolute atomic E-state index is 0.0863. The predicted octanol–water partition coefficient (Wildman–Crippen LogP) is 5.60. The number of para-hydroxylation sites is 1. The molecule has 0 fully saturated rings. The number of carbonyl (C=O) groups excluding carboxylic acids is 1. The van der Waals surface area contributed by atoms with Crippen molar-refractivity contribution in [3.63, 3.8) is 0 Å². The predicted molar refractivity (Wildman–Crippen MR) is 114 cm³/mol. The second-order valence-electron chi connectivity index (χ2n) is 7.13. The first-order valence-electron chi connectivity index (χ1n) is 9.33. The van der Waals surface area contributed by atoms with Gasteiger partial charge in [0.1, 0.15) is 0 Å². The molecule has 0 spiro atoms. The van der Waals surface area contributed by atoms with Gasteiger partial charge in [-0.15, -0.1) is 10.2 Å². The van der Waals surface area contributed by atoms with Gasteiger partial charge in [-0.25, -0.2) is 0 Å². The molecule has 146 valence electrons. The van der Waals surface area contributed by atoms with Crippen LogP contribution in [0.3, 0.4) is 0 Å². The molecule has 0 bridgehead atoms. The summed E-state index contributed by atoms with van der Waals surface area (Å²) < 4.78 is 5.77. The molecule has 28 heavy (non-hydrogen) atoms. The second-order valence-corrected chi connectivity index (χ2v) is 8.42. The van der Waals surface area contributed by atoms with Crippen LogP contribution < -0.4 is 5.32 Å². The quantitative estimate of drug-likeness (QED) is 0.551. The molecule has 0 aliphatic carbocycles. The Hall–Kier alpha value is -2.60. The Morgan fingerprint density at radius 3 is 2.43 bits per heavy atom. The van der Waals surface area contributed by atoms with E-state index in [0.717, 1.165) is 27.9 Å². The van der Waals surface area contributed by atoms with Crippen molar-refractivity contribution in [3.05, 3.63) is 59.2 Å². The SMILES string of the molecule is Cc1ccccc1-c1nnc(S[C@H](C)C(=O)Nc2c(C)cccc2C(C)C)o1. The molecular formula is C22H25N3O2S. The average molecular weight is 396 g/mol. The molecule has 0 unspecified atom stereocenters. The molecule has 5 nitrogen and oxygen atoms in total. The summed E-state index contributed by atoms with van der Waals surface area (Å²) in [7, 11) is 0. The third-order valence-electron chi connectivity index (χ3n) is 4.60. The van der Waals surface area contributed by atoms with E-state index in [9.17, 15) is 4.79 Å². The average Bonchev–Trinajstić information content (AvgIpc) is 3.11. The van der Waals surface area contributed by atoms with Crippen LogP contribution in [0.1, 0.15) is 43.4 Å². The normalized spacial score (nSPS) is 12.2. The number of nitrogens with zero attached hydrogens (tertiary/aromatic N) is 2. The lowest BCUT2D eigenvalue weighted by molar-refractivity contribution is -0.115. The summed E-state index contributed by atoms with van der Waals surface area (Å²) in [5.41, 5.74) is 5.04. The topological polar surface area (TPSA) is 68.0 Å². The number of hydrogen-bond donors (Lipinski definition) is 1. The molecular weight excluding hydrogens is 370 g/mol. The molecule has 1 N–H and O–H groups in total. The van der Waals surface area contributed by atoms with Crippen LogP contribution in [0.4, 0.5) is 5.69 Å². The number of rotatable bonds is 6. The van der Waals surface area contributed by atoms with Crippen molar-refractivity contribution in [3.8, 4) is 11.5 Å². The van der Waals surface area contributed by atoms with Crippen LogP contribution in [-0.4, -0.2) is 21.4 Å². The van der Waals surface area contributed by atoms with Gasteiger partial charge in [0.05, 0.1) is 5.25 Å². The largest absolute Gasteiger partial charge is 0.411 e. The van der Waals surface area contributed by atoms with Crippen molar-refractivity contribution in [2.75, 3.05) is 5.32 Å². The van der Waals surface area contributed by atoms with Crippen molar-refractivity contribution in [2.24, 2.45) is 0 Å². The zero-order chi connectivity index (χ0) is 20.3. The van der Waals surface area contributed by atoms with Crippen LogP contribution in [0.5, 0.6) is 0 Å². The molecule has 1 heterocycles. The summed E-state index contributed by atoms with van der Waals surface area (Å²) in [6.45, 7) is 10.1. The Balaban J connectivity index is 1.72. The fourth-order valence-electron chi connectivity index (χ4n) is 2.95. The van der Waals surface area contributed by atoms with E-state index >= 15 is 0 Å². The number of aryl methyl sites for hydroxylation is 2. The van der Waals surface area contributed by atoms with E-state index in [-0.39, 0.29) is 11.2 Å². The third-order valence-corrected chi connectivity index (χ3v) is 5.54. The first kappa shape index (κ1) is 20.1. The molecule has 0 saturated carbocycles. The zero-order valence-corrected chi connectivity index (χ0v) is 17.6. The third kappa shape index (κ3) is 4.44. The van der Waals surface area contributed by atoms with Crippen LogP contribution in [-0.2, 0) is 4.79 Å². The molecule has 2 aromatic carbocycles. The maximum Gasteiger partial charge on any atom is 0.277 e. The molecule has 0 radical (unpaired) electrons. The Labute approximate surface area is 170 Å². The van der Waals surface area contributed by atoms with Gasteiger partial charge in [0.25, 0.3) is 5.22 Å². The highest BCUT2D eigenvalue weighted by Gasteiger charge is 2.21. The van der Waals surface area contributed by atoms with Crippen LogP contribution in [0.15, 0.2) is 52.1 Å². The van der Waals surface area contributed by atoms with E-state index in [4.69, 9.17) is 4.42 Å². The van der Waals surface area contributed by atoms with Crippen molar-refractivity contribution >= 4 is 23.4 Å². The van der Waals surface area contributed by atoms with Crippen molar-refractivity contribution in [2.45, 2.75) is 51.0 Å². The zero-order valence-electron chi connectivity index (χ0n) is 16.8. The van der Waals surface area contributed by atoms with Gasteiger partial charge in [0, 0.05) is 11.3 Å². The molecule has 1 amide bonds. The van der Waals surface area contributed by atoms with Gasteiger partial charge in [-0.3, -0.25) is 4.79 Å². The van der Waals surface area contributed by atoms with E-state index in [0.29, 0.717) is 17.0 Å². The van der Waals surface area contributed by atoms with Crippen LogP contribution in [0.2, 0.25) is 0 Å². The molecule has 3 rings (SSSR count). The first-order chi connectivity index (χ1) is 13.4. The first-order valence-corrected chi connectivity index (χ1v) is 10.2. The van der Waals surface area contributed by atoms with Crippen LogP contribution >= 0.6 is 11.8 Å². The maximum absolute atomic E-state index is 12.8. The molecule has 0 aliphatic rings. The van der Waals surface area contributed by atoms with Gasteiger partial charge in [-0.1, -0.05) is 62.0 Å². The second kappa shape index (κ2) is 8.61. The summed E-state index contributed by atoms with van der Waals surface area (Å²) in [4.78, 5) is 12.8. The summed E-state index contributed by atoms with van der Waals surface area (Å²) in [5.74, 6) is 0.705. The standard InChI is InChI=1S/C22H25N3O2S/c1-13(2)17-12-8-10-15(4)19(17)23-20(26)16(5)28-22-25-24-21(27-22)18-11-7-6-9-14(18)3/h6-13,16H,1-5H3,(H,23,26)/t16-/m1/s1. The molecule has 0 saturated heterocycles. The lowest BCUT2D eigenvalue weighted by atomic mass is 9.98. The van der Waals surface area contributed by atoms with Gasteiger partial charge in [-0.2, -0.15) is 0 Å². The monoisotopic (exact) mass is 395 g/mol. The van der Waals surface area contributed by atoms with Gasteiger partial charge < -0.3 is 9.73 Å². The van der Waals surface area contributed by atoms with Gasteiger partial charge in [0.2, 0.25) is 11.8 Å². The highest BCUT2D eigenvalue weighted by molar-refractivity contribution is 8.00. The minimum atomic E-state index is -0.371. The van der Waals surface area contributed by atoms with Gasteiger partial charge in [0.15, 0.2) is 0 Å². The summed E-state index contributed by atoms with van der Waals surface area (Å²) >= 11 is 1.26. The Bertz CT molecular complexity index is 981. The maximum atomic E-state index is 12.8. The van der Waals surface area contributed by atoms with E-state index in [2.05, 4.69) is 35.4 Å². The van der Waals surface area contributed by atoms with Crippen LogP contribution in [0, 0.1) is 13.8 Å². The van der Waals surface area contributed by atoms with Crippen molar-refractivity contribution in [1.29, 1.82) is 0 Å². The van der Waals surface area contributed by atoms with Gasteiger partial charge >= 0.3 is 0 Å². The molecule has 1 atom stereocenters. The fourth-order valence-corrected chi connectivity index (χ4v) is 3.63. The minimum Gasteiger partial charge on any atom is -0.411 e. The summed E-state index contributed by atoms with van der Waals surface area (Å²) in [6, 6.07) is 13.9. The molecule has 1 aromatic heterocycles. The Morgan fingerprint density at radius 2 is 1.71 bits per heavy atom.